The molecule has 3 nitrogen and oxygen atoms in total. The normalized spacial score (nSPS) is 7.88. The molecular formula is C3H7NO2S2. The first-order valence-electron chi connectivity index (χ1n) is 1.81. The van der Waals surface area contributed by atoms with E-state index in [4.69, 9.17) is 0 Å². The van der Waals surface area contributed by atoms with Crippen molar-refractivity contribution in [2.45, 2.75) is 0 Å². The molecule has 0 aliphatic carbocycles. The van der Waals surface area contributed by atoms with Gasteiger partial charge in [0.15, 0.2) is 0 Å². The van der Waals surface area contributed by atoms with Gasteiger partial charge in [-0.2, -0.15) is 0 Å². The van der Waals surface area contributed by atoms with E-state index in [0.717, 1.165) is 11.0 Å². The predicted octanol–water partition coefficient (Wildman–Crippen LogP) is 1.13. The molecule has 0 atom stereocenters. The van der Waals surface area contributed by atoms with Crippen LogP contribution in [0.25, 0.3) is 0 Å². The van der Waals surface area contributed by atoms with Crippen molar-refractivity contribution in [3.63, 3.8) is 0 Å². The van der Waals surface area contributed by atoms with Gasteiger partial charge in [0, 0.05) is 11.0 Å². The van der Waals surface area contributed by atoms with Crippen LogP contribution in [0.1, 0.15) is 0 Å². The molecule has 0 rings (SSSR count). The zero-order chi connectivity index (χ0) is 6.41. The Kier molecular flexibility index (Phi) is 5.09. The lowest BCUT2D eigenvalue weighted by atomic mass is 11.2. The smallest absolute Gasteiger partial charge is 0.395 e. The van der Waals surface area contributed by atoms with Gasteiger partial charge in [0.2, 0.25) is 0 Å². The fourth-order valence-electron chi connectivity index (χ4n) is 0.191. The molecule has 0 spiro atoms. The van der Waals surface area contributed by atoms with Crippen LogP contribution in [0.2, 0.25) is 0 Å². The molecule has 5 heteroatoms. The highest BCUT2D eigenvalue weighted by Crippen LogP contribution is 2.06. The van der Waals surface area contributed by atoms with E-state index in [9.17, 15) is 0 Å². The van der Waals surface area contributed by atoms with Crippen LogP contribution in [0.5, 0.6) is 0 Å². The Hall–Kier alpha value is -0.0300. The van der Waals surface area contributed by atoms with Crippen LogP contribution in [-0.4, -0.2) is 20.3 Å². The molecule has 0 bridgehead atoms. The number of rotatable bonds is 1. The fourth-order valence-corrected chi connectivity index (χ4v) is 0.607. The third-order valence-corrected chi connectivity index (χ3v) is 0.940. The maximum Gasteiger partial charge on any atom is 0.395 e. The molecule has 0 radical (unpaired) electrons. The van der Waals surface area contributed by atoms with Gasteiger partial charge in [0.25, 0.3) is 0 Å². The second-order valence-corrected chi connectivity index (χ2v) is 1.68. The van der Waals surface area contributed by atoms with Crippen LogP contribution in [-0.2, 0) is 9.47 Å². The summed E-state index contributed by atoms with van der Waals surface area (Å²) in [5, 5.41) is 0. The van der Waals surface area contributed by atoms with Crippen LogP contribution in [0.15, 0.2) is 4.40 Å². The van der Waals surface area contributed by atoms with E-state index in [-0.39, 0.29) is 6.08 Å². The Morgan fingerprint density at radius 1 is 1.50 bits per heavy atom. The van der Waals surface area contributed by atoms with Crippen LogP contribution in [0, 0.1) is 0 Å². The minimum absolute atomic E-state index is 0.227. The van der Waals surface area contributed by atoms with Crippen LogP contribution in [0.3, 0.4) is 0 Å². The van der Waals surface area contributed by atoms with Crippen molar-refractivity contribution >= 4 is 28.7 Å². The van der Waals surface area contributed by atoms with Gasteiger partial charge < -0.3 is 9.47 Å². The highest BCUT2D eigenvalue weighted by Gasteiger charge is 1.90. The number of methoxy groups -OCH3 is 2. The third kappa shape index (κ3) is 3.04. The van der Waals surface area contributed by atoms with E-state index >= 15 is 0 Å². The van der Waals surface area contributed by atoms with Crippen LogP contribution in [0.4, 0.5) is 0 Å². The highest BCUT2D eigenvalue weighted by atomic mass is 33.1. The molecule has 0 aliphatic rings. The molecule has 48 valence electrons. The van der Waals surface area contributed by atoms with Crippen LogP contribution < -0.4 is 0 Å². The van der Waals surface area contributed by atoms with E-state index in [1.54, 1.807) is 0 Å². The molecule has 0 aliphatic heterocycles. The zero-order valence-corrected chi connectivity index (χ0v) is 6.33. The summed E-state index contributed by atoms with van der Waals surface area (Å²) in [7, 11) is 3.95. The van der Waals surface area contributed by atoms with E-state index < -0.39 is 0 Å². The lowest BCUT2D eigenvalue weighted by Gasteiger charge is -1.97. The van der Waals surface area contributed by atoms with E-state index in [0.29, 0.717) is 0 Å². The molecule has 0 amide bonds. The predicted molar refractivity (Wildman–Crippen MR) is 38.0 cm³/mol. The standard InChI is InChI=1S/C3H7NO2S2/c1-5-3(6-2)4-8-7/h7H,1-2H3. The Bertz CT molecular complexity index is 79.4. The monoisotopic (exact) mass is 153 g/mol. The fraction of sp³-hybridized carbons (Fsp3) is 0.667. The lowest BCUT2D eigenvalue weighted by Crippen LogP contribution is -2.01. The van der Waals surface area contributed by atoms with Gasteiger partial charge in [-0.15, -0.1) is 4.40 Å². The van der Waals surface area contributed by atoms with Crippen molar-refractivity contribution in [1.29, 1.82) is 0 Å². The molecule has 0 N–H and O–H groups in total. The van der Waals surface area contributed by atoms with Gasteiger partial charge in [0.05, 0.1) is 14.2 Å². The number of ether oxygens (including phenoxy) is 2. The van der Waals surface area contributed by atoms with Gasteiger partial charge in [-0.05, 0) is 0 Å². The van der Waals surface area contributed by atoms with Crippen molar-refractivity contribution in [1.82, 2.24) is 0 Å². The first-order valence-corrected chi connectivity index (χ1v) is 3.64. The summed E-state index contributed by atoms with van der Waals surface area (Å²) < 4.78 is 12.8. The largest absolute Gasteiger partial charge is 0.453 e. The Balaban J connectivity index is 3.49. The quantitative estimate of drug-likeness (QED) is 0.201. The molecule has 0 saturated carbocycles. The molecule has 0 aromatic heterocycles. The van der Waals surface area contributed by atoms with Crippen molar-refractivity contribution in [2.24, 2.45) is 4.40 Å². The van der Waals surface area contributed by atoms with Crippen LogP contribution >= 0.6 is 22.6 Å². The van der Waals surface area contributed by atoms with Crippen molar-refractivity contribution in [3.8, 4) is 0 Å². The second kappa shape index (κ2) is 5.11. The van der Waals surface area contributed by atoms with Gasteiger partial charge in [0.1, 0.15) is 0 Å². The number of hydrogen-bond acceptors (Lipinski definition) is 5. The molecule has 0 saturated heterocycles. The molecule has 8 heavy (non-hydrogen) atoms. The summed E-state index contributed by atoms with van der Waals surface area (Å²) in [5.41, 5.74) is 0. The van der Waals surface area contributed by atoms with Gasteiger partial charge >= 0.3 is 6.08 Å². The first-order chi connectivity index (χ1) is 3.85. The van der Waals surface area contributed by atoms with Crippen molar-refractivity contribution in [2.75, 3.05) is 14.2 Å². The highest BCUT2D eigenvalue weighted by molar-refractivity contribution is 8.68. The van der Waals surface area contributed by atoms with Gasteiger partial charge in [-0.1, -0.05) is 11.7 Å². The SMILES string of the molecule is COC(=NSS)OC. The van der Waals surface area contributed by atoms with E-state index in [2.05, 4.69) is 25.5 Å². The molecule has 0 aromatic carbocycles. The number of thiol groups is 1. The van der Waals surface area contributed by atoms with E-state index in [1.807, 2.05) is 0 Å². The summed E-state index contributed by atoms with van der Waals surface area (Å²) in [4.78, 5) is 0. The third-order valence-electron chi connectivity index (χ3n) is 0.465. The Morgan fingerprint density at radius 3 is 2.12 bits per heavy atom. The maximum absolute atomic E-state index is 4.60. The van der Waals surface area contributed by atoms with Gasteiger partial charge in [-0.25, -0.2) is 0 Å². The summed E-state index contributed by atoms with van der Waals surface area (Å²) in [6, 6.07) is 0. The minimum atomic E-state index is 0.227. The molecule has 0 fully saturated rings. The summed E-state index contributed by atoms with van der Waals surface area (Å²) in [6.07, 6.45) is 0.227. The Labute approximate surface area is 57.4 Å². The topological polar surface area (TPSA) is 30.8 Å². The minimum Gasteiger partial charge on any atom is -0.453 e. The summed E-state index contributed by atoms with van der Waals surface area (Å²) in [5.74, 6) is 0. The first kappa shape index (κ1) is 7.97. The summed E-state index contributed by atoms with van der Waals surface area (Å²) >= 11 is 3.74. The molecule has 0 aromatic rings. The summed E-state index contributed by atoms with van der Waals surface area (Å²) in [6.45, 7) is 0. The second-order valence-electron chi connectivity index (χ2n) is 0.847. The Morgan fingerprint density at radius 2 is 2.00 bits per heavy atom. The maximum atomic E-state index is 4.60. The average Bonchev–Trinajstić information content (AvgIpc) is 1.83. The van der Waals surface area contributed by atoms with Crippen molar-refractivity contribution in [3.05, 3.63) is 0 Å². The van der Waals surface area contributed by atoms with Gasteiger partial charge in [-0.3, -0.25) is 0 Å². The number of hydrogen-bond donors (Lipinski definition) is 1. The molecule has 0 heterocycles. The number of nitrogens with zero attached hydrogens (tertiary/aromatic N) is 1. The average molecular weight is 153 g/mol. The lowest BCUT2D eigenvalue weighted by molar-refractivity contribution is 0.245. The van der Waals surface area contributed by atoms with Crippen molar-refractivity contribution < 1.29 is 9.47 Å². The zero-order valence-electron chi connectivity index (χ0n) is 4.62. The molecule has 0 unspecified atom stereocenters. The van der Waals surface area contributed by atoms with E-state index in [1.165, 1.54) is 14.2 Å². The molecular weight excluding hydrogens is 146 g/mol.